The lowest BCUT2D eigenvalue weighted by Crippen LogP contribution is -2.56. The van der Waals surface area contributed by atoms with Crippen molar-refractivity contribution >= 4 is 23.8 Å². The van der Waals surface area contributed by atoms with E-state index >= 15 is 0 Å². The highest BCUT2D eigenvalue weighted by Crippen LogP contribution is 2.33. The fourth-order valence-corrected chi connectivity index (χ4v) is 6.08. The van der Waals surface area contributed by atoms with Crippen LogP contribution < -0.4 is 26.2 Å². The van der Waals surface area contributed by atoms with Gasteiger partial charge in [0.15, 0.2) is 0 Å². The van der Waals surface area contributed by atoms with E-state index in [0.717, 1.165) is 37.6 Å². The molecule has 4 fully saturated rings. The molecule has 3 saturated heterocycles. The van der Waals surface area contributed by atoms with Crippen LogP contribution in [0.5, 0.6) is 0 Å². The molecule has 0 bridgehead atoms. The van der Waals surface area contributed by atoms with Gasteiger partial charge in [-0.25, -0.2) is 5.43 Å². The zero-order chi connectivity index (χ0) is 22.7. The van der Waals surface area contributed by atoms with Crippen LogP contribution >= 0.6 is 11.9 Å². The number of nitrogens with zero attached hydrogens (tertiary/aromatic N) is 1. The number of hydrazine groups is 1. The molecule has 8 nitrogen and oxygen atoms in total. The summed E-state index contributed by atoms with van der Waals surface area (Å²) in [6.07, 6.45) is 2.00. The second kappa shape index (κ2) is 10.5. The van der Waals surface area contributed by atoms with Gasteiger partial charge in [0.2, 0.25) is 11.8 Å². The second-order valence-corrected chi connectivity index (χ2v) is 10.3. The lowest BCUT2D eigenvalue weighted by Gasteiger charge is -2.35. The summed E-state index contributed by atoms with van der Waals surface area (Å²) < 4.78 is 39.1. The molecule has 0 spiro atoms. The van der Waals surface area contributed by atoms with Crippen LogP contribution in [0.3, 0.4) is 0 Å². The molecule has 0 aromatic carbocycles. The maximum absolute atomic E-state index is 13.0. The van der Waals surface area contributed by atoms with E-state index in [4.69, 9.17) is 0 Å². The summed E-state index contributed by atoms with van der Waals surface area (Å²) in [6.45, 7) is 2.39. The van der Waals surface area contributed by atoms with E-state index in [-0.39, 0.29) is 31.5 Å². The van der Waals surface area contributed by atoms with Gasteiger partial charge < -0.3 is 20.9 Å². The Bertz CT molecular complexity index is 670. The molecule has 0 aromatic heterocycles. The van der Waals surface area contributed by atoms with E-state index in [9.17, 15) is 22.8 Å². The van der Waals surface area contributed by atoms with E-state index in [1.807, 2.05) is 0 Å². The molecule has 4 unspecified atom stereocenters. The molecule has 4 rings (SSSR count). The average Bonchev–Trinajstić information content (AvgIpc) is 3.46. The molecule has 182 valence electrons. The molecule has 1 aliphatic carbocycles. The summed E-state index contributed by atoms with van der Waals surface area (Å²) in [5, 5.41) is 7.97. The van der Waals surface area contributed by atoms with Gasteiger partial charge in [-0.3, -0.25) is 9.59 Å². The molecule has 12 heteroatoms. The van der Waals surface area contributed by atoms with Crippen LogP contribution in [-0.2, 0) is 9.59 Å². The van der Waals surface area contributed by atoms with Gasteiger partial charge in [0, 0.05) is 25.2 Å². The van der Waals surface area contributed by atoms with Gasteiger partial charge in [0.1, 0.15) is 11.4 Å². The number of amides is 2. The highest BCUT2D eigenvalue weighted by molar-refractivity contribution is 7.98. The third-order valence-electron chi connectivity index (χ3n) is 7.15. The first kappa shape index (κ1) is 24.1. The summed E-state index contributed by atoms with van der Waals surface area (Å²) in [7, 11) is 0. The fraction of sp³-hybridized carbons (Fsp3) is 0.900. The molecule has 3 aliphatic heterocycles. The van der Waals surface area contributed by atoms with Crippen molar-refractivity contribution in [2.45, 2.75) is 74.6 Å². The lowest BCUT2D eigenvalue weighted by molar-refractivity contribution is -0.182. The Kier molecular flexibility index (Phi) is 7.86. The summed E-state index contributed by atoms with van der Waals surface area (Å²) >= 11 is 1.15. The van der Waals surface area contributed by atoms with E-state index in [2.05, 4.69) is 31.1 Å². The number of carbonyl (C=O) groups is 2. The largest absolute Gasteiger partial charge is 0.393 e. The minimum Gasteiger partial charge on any atom is -0.352 e. The predicted molar refractivity (Wildman–Crippen MR) is 115 cm³/mol. The molecular formula is C20H33F3N6O2S. The number of carbonyl (C=O) groups excluding carboxylic acids is 2. The maximum atomic E-state index is 13.0. The van der Waals surface area contributed by atoms with Crippen LogP contribution in [0.25, 0.3) is 0 Å². The van der Waals surface area contributed by atoms with Gasteiger partial charge in [-0.2, -0.15) is 18.0 Å². The first-order chi connectivity index (χ1) is 15.3. The molecule has 5 N–H and O–H groups in total. The van der Waals surface area contributed by atoms with E-state index in [1.54, 1.807) is 0 Å². The normalized spacial score (nSPS) is 36.7. The molecule has 4 aliphatic rings. The molecule has 3 heterocycles. The minimum atomic E-state index is -4.33. The van der Waals surface area contributed by atoms with Crippen LogP contribution in [0.4, 0.5) is 13.2 Å². The Balaban J connectivity index is 1.24. The Labute approximate surface area is 190 Å². The molecule has 1 saturated carbocycles. The Morgan fingerprint density at radius 3 is 2.38 bits per heavy atom. The number of alkyl halides is 3. The monoisotopic (exact) mass is 478 g/mol. The summed E-state index contributed by atoms with van der Waals surface area (Å²) in [6, 6.07) is 0.0413. The highest BCUT2D eigenvalue weighted by atomic mass is 32.2. The summed E-state index contributed by atoms with van der Waals surface area (Å²) in [5.74, 6) is -2.97. The van der Waals surface area contributed by atoms with E-state index < -0.39 is 35.3 Å². The SMILES string of the molecule is O=C(NC1SNNC1C(=O)NC1CCC(N2CCCC2)CC1)C1CNCC(C(F)(F)F)C1. The molecule has 2 amide bonds. The van der Waals surface area contributed by atoms with Crippen molar-refractivity contribution in [3.63, 3.8) is 0 Å². The van der Waals surface area contributed by atoms with Gasteiger partial charge in [-0.1, -0.05) is 0 Å². The highest BCUT2D eigenvalue weighted by Gasteiger charge is 2.45. The van der Waals surface area contributed by atoms with Crippen LogP contribution in [0.15, 0.2) is 0 Å². The first-order valence-corrected chi connectivity index (χ1v) is 12.5. The molecule has 0 aromatic rings. The van der Waals surface area contributed by atoms with Crippen molar-refractivity contribution in [3.05, 3.63) is 0 Å². The molecular weight excluding hydrogens is 445 g/mol. The fourth-order valence-electron chi connectivity index (χ4n) is 5.25. The summed E-state index contributed by atoms with van der Waals surface area (Å²) in [4.78, 5) is 30.9. The van der Waals surface area contributed by atoms with Gasteiger partial charge in [0.05, 0.1) is 11.8 Å². The quantitative estimate of drug-likeness (QED) is 0.374. The Morgan fingerprint density at radius 1 is 0.969 bits per heavy atom. The number of halogens is 3. The van der Waals surface area contributed by atoms with Gasteiger partial charge in [-0.05, 0) is 70.0 Å². The Morgan fingerprint density at radius 2 is 1.69 bits per heavy atom. The average molecular weight is 479 g/mol. The zero-order valence-electron chi connectivity index (χ0n) is 18.0. The number of hydrogen-bond donors (Lipinski definition) is 5. The third-order valence-corrected chi connectivity index (χ3v) is 8.03. The number of rotatable bonds is 5. The third kappa shape index (κ3) is 5.88. The standard InChI is InChI=1S/C20H33F3N6O2S/c21-20(22,23)13-9-12(10-24-11-13)17(30)26-19-16(27-28-32-19)18(31)25-14-3-5-15(6-4-14)29-7-1-2-8-29/h12-16,19,24,27-28H,1-11H2,(H,25,31)(H,26,30). The Hall–Kier alpha value is -1.08. The summed E-state index contributed by atoms with van der Waals surface area (Å²) in [5.41, 5.74) is 2.87. The second-order valence-electron chi connectivity index (χ2n) is 9.36. The number of hydrogen-bond acceptors (Lipinski definition) is 7. The van der Waals surface area contributed by atoms with Crippen molar-refractivity contribution in [1.29, 1.82) is 0 Å². The van der Waals surface area contributed by atoms with E-state index in [0.29, 0.717) is 6.04 Å². The molecule has 32 heavy (non-hydrogen) atoms. The lowest BCUT2D eigenvalue weighted by atomic mass is 9.89. The minimum absolute atomic E-state index is 0.111. The topological polar surface area (TPSA) is 97.5 Å². The van der Waals surface area contributed by atoms with Crippen LogP contribution in [0.2, 0.25) is 0 Å². The zero-order valence-corrected chi connectivity index (χ0v) is 18.9. The van der Waals surface area contributed by atoms with Crippen LogP contribution in [-0.4, -0.2) is 72.6 Å². The molecule has 0 radical (unpaired) electrons. The van der Waals surface area contributed by atoms with Crippen molar-refractivity contribution in [2.24, 2.45) is 11.8 Å². The maximum Gasteiger partial charge on any atom is 0.393 e. The smallest absolute Gasteiger partial charge is 0.352 e. The van der Waals surface area contributed by atoms with Crippen molar-refractivity contribution in [1.82, 2.24) is 31.1 Å². The number of nitrogens with one attached hydrogen (secondary N) is 5. The van der Waals surface area contributed by atoms with Crippen LogP contribution in [0.1, 0.15) is 44.9 Å². The van der Waals surface area contributed by atoms with E-state index in [1.165, 1.54) is 25.9 Å². The van der Waals surface area contributed by atoms with Crippen molar-refractivity contribution < 1.29 is 22.8 Å². The van der Waals surface area contributed by atoms with Crippen molar-refractivity contribution in [3.8, 4) is 0 Å². The predicted octanol–water partition coefficient (Wildman–Crippen LogP) is 0.865. The van der Waals surface area contributed by atoms with Gasteiger partial charge >= 0.3 is 6.18 Å². The number of likely N-dealkylation sites (tertiary alicyclic amines) is 1. The van der Waals surface area contributed by atoms with Gasteiger partial charge in [-0.15, -0.1) is 0 Å². The molecule has 4 atom stereocenters. The first-order valence-electron chi connectivity index (χ1n) is 11.6. The van der Waals surface area contributed by atoms with Crippen molar-refractivity contribution in [2.75, 3.05) is 26.2 Å². The van der Waals surface area contributed by atoms with Gasteiger partial charge in [0.25, 0.3) is 0 Å². The number of piperidine rings is 1. The van der Waals surface area contributed by atoms with Crippen LogP contribution in [0, 0.1) is 11.8 Å².